The van der Waals surface area contributed by atoms with E-state index in [-0.39, 0.29) is 12.7 Å². The quantitative estimate of drug-likeness (QED) is 0.945. The smallest absolute Gasteiger partial charge is 0.231 e. The summed E-state index contributed by atoms with van der Waals surface area (Å²) in [6.07, 6.45) is 0.311. The standard InChI is InChI=1S/C13H10ClNO3S/c14-12-4-2-9(19-12)6-13(16)15-8-1-3-10-11(5-8)18-7-17-10/h1-5H,6-7H2,(H,15,16). The number of amides is 1. The van der Waals surface area contributed by atoms with Crippen molar-refractivity contribution >= 4 is 34.5 Å². The number of fused-ring (bicyclic) bond motifs is 1. The van der Waals surface area contributed by atoms with Crippen molar-refractivity contribution in [2.45, 2.75) is 6.42 Å². The van der Waals surface area contributed by atoms with Crippen LogP contribution in [0.3, 0.4) is 0 Å². The molecule has 0 unspecified atom stereocenters. The summed E-state index contributed by atoms with van der Waals surface area (Å²) in [6.45, 7) is 0.223. The number of nitrogens with one attached hydrogen (secondary N) is 1. The Bertz CT molecular complexity index is 626. The van der Waals surface area contributed by atoms with Crippen LogP contribution in [0.2, 0.25) is 4.34 Å². The fourth-order valence-corrected chi connectivity index (χ4v) is 2.87. The van der Waals surface area contributed by atoms with Gasteiger partial charge < -0.3 is 14.8 Å². The molecule has 98 valence electrons. The Kier molecular flexibility index (Phi) is 3.31. The number of anilines is 1. The molecule has 0 radical (unpaired) electrons. The molecule has 0 fully saturated rings. The van der Waals surface area contributed by atoms with E-state index in [0.29, 0.717) is 27.9 Å². The maximum atomic E-state index is 11.9. The van der Waals surface area contributed by atoms with Gasteiger partial charge in [0, 0.05) is 16.6 Å². The highest BCUT2D eigenvalue weighted by atomic mass is 35.5. The van der Waals surface area contributed by atoms with Crippen LogP contribution >= 0.6 is 22.9 Å². The summed E-state index contributed by atoms with van der Waals surface area (Å²) in [5.74, 6) is 1.26. The molecule has 0 bridgehead atoms. The Labute approximate surface area is 118 Å². The minimum absolute atomic E-state index is 0.0858. The number of hydrogen-bond donors (Lipinski definition) is 1. The number of carbonyl (C=O) groups is 1. The predicted octanol–water partition coefficient (Wildman–Crippen LogP) is 3.31. The third-order valence-electron chi connectivity index (χ3n) is 2.62. The van der Waals surface area contributed by atoms with Crippen LogP contribution in [0.4, 0.5) is 5.69 Å². The molecule has 1 N–H and O–H groups in total. The highest BCUT2D eigenvalue weighted by Crippen LogP contribution is 2.34. The molecule has 0 aliphatic carbocycles. The number of halogens is 1. The van der Waals surface area contributed by atoms with Crippen LogP contribution in [0.5, 0.6) is 11.5 Å². The number of thiophene rings is 1. The van der Waals surface area contributed by atoms with Crippen LogP contribution in [0.25, 0.3) is 0 Å². The van der Waals surface area contributed by atoms with Gasteiger partial charge in [-0.2, -0.15) is 0 Å². The maximum Gasteiger partial charge on any atom is 0.231 e. The maximum absolute atomic E-state index is 11.9. The van der Waals surface area contributed by atoms with Gasteiger partial charge in [-0.3, -0.25) is 4.79 Å². The van der Waals surface area contributed by atoms with E-state index in [1.165, 1.54) is 11.3 Å². The van der Waals surface area contributed by atoms with E-state index < -0.39 is 0 Å². The summed E-state index contributed by atoms with van der Waals surface area (Å²) in [6, 6.07) is 8.95. The molecule has 1 aromatic carbocycles. The van der Waals surface area contributed by atoms with Crippen molar-refractivity contribution in [3.8, 4) is 11.5 Å². The summed E-state index contributed by atoms with van der Waals surface area (Å²) in [5, 5.41) is 2.82. The van der Waals surface area contributed by atoms with Gasteiger partial charge in [-0.25, -0.2) is 0 Å². The zero-order chi connectivity index (χ0) is 13.2. The number of carbonyl (C=O) groups excluding carboxylic acids is 1. The van der Waals surface area contributed by atoms with Crippen LogP contribution in [0, 0.1) is 0 Å². The first-order chi connectivity index (χ1) is 9.20. The first-order valence-corrected chi connectivity index (χ1v) is 6.84. The second-order valence-electron chi connectivity index (χ2n) is 4.00. The van der Waals surface area contributed by atoms with Crippen molar-refractivity contribution in [1.82, 2.24) is 0 Å². The van der Waals surface area contributed by atoms with E-state index in [2.05, 4.69) is 5.32 Å². The molecule has 4 nitrogen and oxygen atoms in total. The molecule has 0 saturated carbocycles. The van der Waals surface area contributed by atoms with Gasteiger partial charge in [0.1, 0.15) is 0 Å². The largest absolute Gasteiger partial charge is 0.454 e. The first kappa shape index (κ1) is 12.3. The third-order valence-corrected chi connectivity index (χ3v) is 3.85. The molecule has 6 heteroatoms. The summed E-state index contributed by atoms with van der Waals surface area (Å²) in [4.78, 5) is 12.8. The van der Waals surface area contributed by atoms with Crippen LogP contribution < -0.4 is 14.8 Å². The number of ether oxygens (including phenoxy) is 2. The van der Waals surface area contributed by atoms with Gasteiger partial charge in [-0.05, 0) is 24.3 Å². The number of benzene rings is 1. The molecule has 1 amide bonds. The zero-order valence-corrected chi connectivity index (χ0v) is 11.4. The second kappa shape index (κ2) is 5.11. The second-order valence-corrected chi connectivity index (χ2v) is 5.80. The van der Waals surface area contributed by atoms with Gasteiger partial charge in [0.2, 0.25) is 12.7 Å². The van der Waals surface area contributed by atoms with Crippen molar-refractivity contribution in [2.75, 3.05) is 12.1 Å². The lowest BCUT2D eigenvalue weighted by Crippen LogP contribution is -2.13. The topological polar surface area (TPSA) is 47.6 Å². The summed E-state index contributed by atoms with van der Waals surface area (Å²) >= 11 is 7.23. The predicted molar refractivity (Wildman–Crippen MR) is 74.2 cm³/mol. The molecule has 0 spiro atoms. The SMILES string of the molecule is O=C(Cc1ccc(Cl)s1)Nc1ccc2c(c1)OCO2. The van der Waals surface area contributed by atoms with Gasteiger partial charge in [-0.1, -0.05) is 11.6 Å². The van der Waals surface area contributed by atoms with Crippen molar-refractivity contribution < 1.29 is 14.3 Å². The monoisotopic (exact) mass is 295 g/mol. The summed E-state index contributed by atoms with van der Waals surface area (Å²) in [5.41, 5.74) is 0.692. The van der Waals surface area contributed by atoms with Crippen LogP contribution in [-0.2, 0) is 11.2 Å². The van der Waals surface area contributed by atoms with Crippen molar-refractivity contribution in [3.05, 3.63) is 39.5 Å². The molecule has 2 aromatic rings. The van der Waals surface area contributed by atoms with Crippen molar-refractivity contribution in [3.63, 3.8) is 0 Å². The van der Waals surface area contributed by atoms with E-state index in [0.717, 1.165) is 4.88 Å². The Morgan fingerprint density at radius 3 is 2.89 bits per heavy atom. The van der Waals surface area contributed by atoms with E-state index in [4.69, 9.17) is 21.1 Å². The normalized spacial score (nSPS) is 12.5. The lowest BCUT2D eigenvalue weighted by molar-refractivity contribution is -0.115. The molecule has 0 saturated heterocycles. The Morgan fingerprint density at radius 1 is 1.26 bits per heavy atom. The average Bonchev–Trinajstić information content (AvgIpc) is 2.97. The van der Waals surface area contributed by atoms with Crippen LogP contribution in [-0.4, -0.2) is 12.7 Å². The first-order valence-electron chi connectivity index (χ1n) is 5.64. The van der Waals surface area contributed by atoms with E-state index >= 15 is 0 Å². The van der Waals surface area contributed by atoms with Crippen LogP contribution in [0.15, 0.2) is 30.3 Å². The average molecular weight is 296 g/mol. The number of hydrogen-bond acceptors (Lipinski definition) is 4. The highest BCUT2D eigenvalue weighted by Gasteiger charge is 2.14. The summed E-state index contributed by atoms with van der Waals surface area (Å²) in [7, 11) is 0. The Morgan fingerprint density at radius 2 is 2.11 bits per heavy atom. The minimum atomic E-state index is -0.0858. The fourth-order valence-electron chi connectivity index (χ4n) is 1.78. The summed E-state index contributed by atoms with van der Waals surface area (Å²) < 4.78 is 11.1. The molecule has 1 aliphatic heterocycles. The van der Waals surface area contributed by atoms with Crippen molar-refractivity contribution in [2.24, 2.45) is 0 Å². The van der Waals surface area contributed by atoms with E-state index in [9.17, 15) is 4.79 Å². The molecule has 1 aromatic heterocycles. The molecule has 19 heavy (non-hydrogen) atoms. The van der Waals surface area contributed by atoms with Gasteiger partial charge in [0.15, 0.2) is 11.5 Å². The molecule has 3 rings (SSSR count). The van der Waals surface area contributed by atoms with Crippen molar-refractivity contribution in [1.29, 1.82) is 0 Å². The van der Waals surface area contributed by atoms with Gasteiger partial charge >= 0.3 is 0 Å². The Balaban J connectivity index is 1.66. The van der Waals surface area contributed by atoms with Crippen LogP contribution in [0.1, 0.15) is 4.88 Å². The molecule has 0 atom stereocenters. The van der Waals surface area contributed by atoms with E-state index in [1.54, 1.807) is 24.3 Å². The molecular weight excluding hydrogens is 286 g/mol. The lowest BCUT2D eigenvalue weighted by Gasteiger charge is -2.05. The molecule has 1 aliphatic rings. The Hall–Kier alpha value is -1.72. The molecule has 2 heterocycles. The highest BCUT2D eigenvalue weighted by molar-refractivity contribution is 7.16. The number of rotatable bonds is 3. The van der Waals surface area contributed by atoms with Gasteiger partial charge in [0.25, 0.3) is 0 Å². The van der Waals surface area contributed by atoms with Gasteiger partial charge in [0.05, 0.1) is 10.8 Å². The lowest BCUT2D eigenvalue weighted by atomic mass is 10.2. The fraction of sp³-hybridized carbons (Fsp3) is 0.154. The zero-order valence-electron chi connectivity index (χ0n) is 9.81. The van der Waals surface area contributed by atoms with E-state index in [1.807, 2.05) is 6.07 Å². The molecular formula is C13H10ClNO3S. The minimum Gasteiger partial charge on any atom is -0.454 e. The third kappa shape index (κ3) is 2.83. The van der Waals surface area contributed by atoms with Gasteiger partial charge in [-0.15, -0.1) is 11.3 Å².